The zero-order chi connectivity index (χ0) is 22.4. The van der Waals surface area contributed by atoms with E-state index >= 15 is 0 Å². The van der Waals surface area contributed by atoms with Crippen LogP contribution in [0.3, 0.4) is 0 Å². The largest absolute Gasteiger partial charge is 0.495 e. The standard InChI is InChI=1S/C23H24N2O5S/c1-16(2)25-31(27,28)22-15-17(9-14-21(22)29-3)23(26)24-18-10-12-20(13-11-18)30-19-7-5-4-6-8-19/h4-16,25H,1-3H3,(H,24,26). The van der Waals surface area contributed by atoms with Gasteiger partial charge in [-0.3, -0.25) is 4.79 Å². The number of para-hydroxylation sites is 1. The van der Waals surface area contributed by atoms with Crippen LogP contribution in [0.15, 0.2) is 77.7 Å². The molecule has 3 aromatic rings. The number of sulfonamides is 1. The Morgan fingerprint density at radius 2 is 1.55 bits per heavy atom. The second kappa shape index (κ2) is 9.63. The van der Waals surface area contributed by atoms with Gasteiger partial charge in [-0.1, -0.05) is 18.2 Å². The van der Waals surface area contributed by atoms with Gasteiger partial charge in [-0.25, -0.2) is 13.1 Å². The number of methoxy groups -OCH3 is 1. The first-order valence-corrected chi connectivity index (χ1v) is 11.1. The van der Waals surface area contributed by atoms with Gasteiger partial charge >= 0.3 is 0 Å². The topological polar surface area (TPSA) is 93.7 Å². The molecule has 31 heavy (non-hydrogen) atoms. The first kappa shape index (κ1) is 22.3. The summed E-state index contributed by atoms with van der Waals surface area (Å²) in [6, 6.07) is 20.2. The third-order valence-corrected chi connectivity index (χ3v) is 5.88. The van der Waals surface area contributed by atoms with Crippen LogP contribution in [0.5, 0.6) is 17.2 Å². The van der Waals surface area contributed by atoms with Crippen LogP contribution in [-0.4, -0.2) is 27.5 Å². The summed E-state index contributed by atoms with van der Waals surface area (Å²) < 4.78 is 38.6. The summed E-state index contributed by atoms with van der Waals surface area (Å²) in [5.41, 5.74) is 0.737. The molecule has 0 fully saturated rings. The van der Waals surface area contributed by atoms with Crippen LogP contribution in [0, 0.1) is 0 Å². The van der Waals surface area contributed by atoms with Crippen LogP contribution in [0.25, 0.3) is 0 Å². The Labute approximate surface area is 182 Å². The molecule has 162 valence electrons. The number of hydrogen-bond donors (Lipinski definition) is 2. The van der Waals surface area contributed by atoms with E-state index in [4.69, 9.17) is 9.47 Å². The number of rotatable bonds is 8. The number of benzene rings is 3. The van der Waals surface area contributed by atoms with Crippen molar-refractivity contribution >= 4 is 21.6 Å². The zero-order valence-corrected chi connectivity index (χ0v) is 18.3. The Bertz CT molecular complexity index is 1140. The van der Waals surface area contributed by atoms with Crippen molar-refractivity contribution in [1.82, 2.24) is 4.72 Å². The predicted octanol–water partition coefficient (Wildman–Crippen LogP) is 4.43. The Morgan fingerprint density at radius 3 is 2.16 bits per heavy atom. The normalized spacial score (nSPS) is 11.2. The van der Waals surface area contributed by atoms with Crippen LogP contribution in [-0.2, 0) is 10.0 Å². The second-order valence-electron chi connectivity index (χ2n) is 7.04. The molecular formula is C23H24N2O5S. The van der Waals surface area contributed by atoms with E-state index < -0.39 is 15.9 Å². The van der Waals surface area contributed by atoms with Gasteiger partial charge in [0, 0.05) is 17.3 Å². The Kier molecular flexibility index (Phi) is 6.94. The van der Waals surface area contributed by atoms with Crippen molar-refractivity contribution in [3.63, 3.8) is 0 Å². The van der Waals surface area contributed by atoms with E-state index in [-0.39, 0.29) is 22.3 Å². The summed E-state index contributed by atoms with van der Waals surface area (Å²) in [6.07, 6.45) is 0. The molecule has 7 nitrogen and oxygen atoms in total. The highest BCUT2D eigenvalue weighted by Gasteiger charge is 2.22. The Balaban J connectivity index is 1.76. The number of amides is 1. The Hall–Kier alpha value is -3.36. The van der Waals surface area contributed by atoms with Gasteiger partial charge in [0.15, 0.2) is 0 Å². The van der Waals surface area contributed by atoms with Crippen molar-refractivity contribution in [2.45, 2.75) is 24.8 Å². The summed E-state index contributed by atoms with van der Waals surface area (Å²) in [5, 5.41) is 2.76. The zero-order valence-electron chi connectivity index (χ0n) is 17.5. The lowest BCUT2D eigenvalue weighted by atomic mass is 10.2. The summed E-state index contributed by atoms with van der Waals surface area (Å²) in [7, 11) is -2.46. The molecule has 3 aromatic carbocycles. The summed E-state index contributed by atoms with van der Waals surface area (Å²) >= 11 is 0. The molecule has 0 radical (unpaired) electrons. The van der Waals surface area contributed by atoms with Crippen molar-refractivity contribution in [2.24, 2.45) is 0 Å². The molecule has 0 aromatic heterocycles. The van der Waals surface area contributed by atoms with Crippen LogP contribution < -0.4 is 19.5 Å². The molecule has 1 amide bonds. The fraction of sp³-hybridized carbons (Fsp3) is 0.174. The number of nitrogens with one attached hydrogen (secondary N) is 2. The number of carbonyl (C=O) groups is 1. The lowest BCUT2D eigenvalue weighted by molar-refractivity contribution is 0.102. The molecule has 0 bridgehead atoms. The van der Waals surface area contributed by atoms with E-state index in [1.165, 1.54) is 25.3 Å². The number of ether oxygens (including phenoxy) is 2. The molecule has 0 unspecified atom stereocenters. The quantitative estimate of drug-likeness (QED) is 0.541. The summed E-state index contributed by atoms with van der Waals surface area (Å²) in [4.78, 5) is 12.6. The van der Waals surface area contributed by atoms with E-state index in [1.807, 2.05) is 30.3 Å². The highest BCUT2D eigenvalue weighted by atomic mass is 32.2. The highest BCUT2D eigenvalue weighted by molar-refractivity contribution is 7.89. The predicted molar refractivity (Wildman–Crippen MR) is 119 cm³/mol. The van der Waals surface area contributed by atoms with Crippen LogP contribution >= 0.6 is 0 Å². The molecule has 0 spiro atoms. The van der Waals surface area contributed by atoms with E-state index in [0.29, 0.717) is 17.2 Å². The van der Waals surface area contributed by atoms with E-state index in [9.17, 15) is 13.2 Å². The monoisotopic (exact) mass is 440 g/mol. The van der Waals surface area contributed by atoms with Gasteiger partial charge in [-0.15, -0.1) is 0 Å². The number of hydrogen-bond acceptors (Lipinski definition) is 5. The lowest BCUT2D eigenvalue weighted by Crippen LogP contribution is -2.30. The molecule has 0 saturated carbocycles. The first-order chi connectivity index (χ1) is 14.8. The average molecular weight is 441 g/mol. The van der Waals surface area contributed by atoms with Crippen LogP contribution in [0.1, 0.15) is 24.2 Å². The molecular weight excluding hydrogens is 416 g/mol. The number of anilines is 1. The molecule has 0 aliphatic heterocycles. The molecule has 0 atom stereocenters. The van der Waals surface area contributed by atoms with Crippen molar-refractivity contribution < 1.29 is 22.7 Å². The molecule has 0 aliphatic carbocycles. The van der Waals surface area contributed by atoms with Gasteiger partial charge in [0.25, 0.3) is 5.91 Å². The number of carbonyl (C=O) groups excluding carboxylic acids is 1. The molecule has 2 N–H and O–H groups in total. The van der Waals surface area contributed by atoms with Gasteiger partial charge in [0.05, 0.1) is 7.11 Å². The molecule has 8 heteroatoms. The third-order valence-electron chi connectivity index (χ3n) is 4.20. The second-order valence-corrected chi connectivity index (χ2v) is 8.72. The van der Waals surface area contributed by atoms with Gasteiger partial charge in [-0.2, -0.15) is 0 Å². The molecule has 0 aliphatic rings. The summed E-state index contributed by atoms with van der Waals surface area (Å²) in [5.74, 6) is 1.05. The van der Waals surface area contributed by atoms with Crippen molar-refractivity contribution in [3.8, 4) is 17.2 Å². The van der Waals surface area contributed by atoms with Crippen molar-refractivity contribution in [2.75, 3.05) is 12.4 Å². The minimum Gasteiger partial charge on any atom is -0.495 e. The SMILES string of the molecule is COc1ccc(C(=O)Nc2ccc(Oc3ccccc3)cc2)cc1S(=O)(=O)NC(C)C. The van der Waals surface area contributed by atoms with Crippen LogP contribution in [0.2, 0.25) is 0 Å². The fourth-order valence-corrected chi connectivity index (χ4v) is 4.28. The van der Waals surface area contributed by atoms with Gasteiger partial charge in [0.1, 0.15) is 22.1 Å². The average Bonchev–Trinajstić information content (AvgIpc) is 2.74. The lowest BCUT2D eigenvalue weighted by Gasteiger charge is -2.14. The fourth-order valence-electron chi connectivity index (χ4n) is 2.84. The van der Waals surface area contributed by atoms with Gasteiger partial charge < -0.3 is 14.8 Å². The van der Waals surface area contributed by atoms with E-state index in [1.54, 1.807) is 38.1 Å². The first-order valence-electron chi connectivity index (χ1n) is 9.63. The maximum absolute atomic E-state index is 12.7. The van der Waals surface area contributed by atoms with E-state index in [0.717, 1.165) is 0 Å². The smallest absolute Gasteiger partial charge is 0.255 e. The van der Waals surface area contributed by atoms with Gasteiger partial charge in [-0.05, 0) is 68.4 Å². The maximum atomic E-state index is 12.7. The molecule has 0 heterocycles. The maximum Gasteiger partial charge on any atom is 0.255 e. The third kappa shape index (κ3) is 5.84. The Morgan fingerprint density at radius 1 is 0.903 bits per heavy atom. The minimum atomic E-state index is -3.84. The minimum absolute atomic E-state index is 0.0945. The van der Waals surface area contributed by atoms with Crippen LogP contribution in [0.4, 0.5) is 5.69 Å². The molecule has 0 saturated heterocycles. The van der Waals surface area contributed by atoms with Crippen molar-refractivity contribution in [3.05, 3.63) is 78.4 Å². The van der Waals surface area contributed by atoms with Crippen molar-refractivity contribution in [1.29, 1.82) is 0 Å². The highest BCUT2D eigenvalue weighted by Crippen LogP contribution is 2.26. The summed E-state index contributed by atoms with van der Waals surface area (Å²) in [6.45, 7) is 3.43. The molecule has 3 rings (SSSR count). The van der Waals surface area contributed by atoms with Gasteiger partial charge in [0.2, 0.25) is 10.0 Å². The van der Waals surface area contributed by atoms with E-state index in [2.05, 4.69) is 10.0 Å².